The highest BCUT2D eigenvalue weighted by atomic mass is 15.1. The fourth-order valence-corrected chi connectivity index (χ4v) is 13.3. The molecule has 9 aromatic rings. The van der Waals surface area contributed by atoms with Crippen LogP contribution in [0.25, 0.3) is 49.7 Å². The van der Waals surface area contributed by atoms with Gasteiger partial charge in [-0.25, -0.2) is 0 Å². The second-order valence-electron chi connectivity index (χ2n) is 20.3. The van der Waals surface area contributed by atoms with E-state index in [1.807, 2.05) is 0 Å². The third-order valence-corrected chi connectivity index (χ3v) is 16.7. The van der Waals surface area contributed by atoms with Crippen molar-refractivity contribution in [3.05, 3.63) is 215 Å². The van der Waals surface area contributed by atoms with Crippen LogP contribution in [0.5, 0.6) is 0 Å². The third kappa shape index (κ3) is 5.72. The van der Waals surface area contributed by atoms with Crippen LogP contribution in [0.15, 0.2) is 182 Å². The number of benzene rings is 8. The van der Waals surface area contributed by atoms with Crippen molar-refractivity contribution in [3.8, 4) is 27.9 Å². The van der Waals surface area contributed by atoms with Gasteiger partial charge in [-0.15, -0.1) is 0 Å². The first-order valence-electron chi connectivity index (χ1n) is 24.4. The maximum absolute atomic E-state index is 2.69. The van der Waals surface area contributed by atoms with Crippen LogP contribution in [0.3, 0.4) is 0 Å². The summed E-state index contributed by atoms with van der Waals surface area (Å²) in [6, 6.07) is 70.0. The van der Waals surface area contributed by atoms with E-state index in [9.17, 15) is 0 Å². The molecular weight excluding hydrogens is 785 g/mol. The number of rotatable bonds is 6. The van der Waals surface area contributed by atoms with Crippen molar-refractivity contribution in [2.45, 2.75) is 94.3 Å². The molecule has 318 valence electrons. The lowest BCUT2D eigenvalue weighted by Crippen LogP contribution is -2.30. The SMILES string of the molecule is CC1(c2ccc3c(c2)C2(c4ccccc4-c4ccc(N(c5ccccc5)c5cccc(-n6c7ccccc7c7ccccc76)c5)cc42)c2cc(C4(C)CCCCC4)ccc2-3)CCCCC1. The molecule has 4 aliphatic rings. The van der Waals surface area contributed by atoms with Crippen LogP contribution in [-0.2, 0) is 16.2 Å². The number of para-hydroxylation sites is 3. The molecule has 0 aliphatic heterocycles. The largest absolute Gasteiger partial charge is 0.310 e. The summed E-state index contributed by atoms with van der Waals surface area (Å²) in [4.78, 5) is 2.49. The molecule has 0 N–H and O–H groups in total. The summed E-state index contributed by atoms with van der Waals surface area (Å²) in [6.45, 7) is 5.09. The number of anilines is 3. The van der Waals surface area contributed by atoms with Gasteiger partial charge in [0.25, 0.3) is 0 Å². The van der Waals surface area contributed by atoms with Crippen LogP contribution in [0.1, 0.15) is 111 Å². The third-order valence-electron chi connectivity index (χ3n) is 16.7. The van der Waals surface area contributed by atoms with E-state index in [0.717, 1.165) is 17.1 Å². The maximum Gasteiger partial charge on any atom is 0.0726 e. The van der Waals surface area contributed by atoms with Crippen molar-refractivity contribution in [3.63, 3.8) is 0 Å². The Morgan fingerprint density at radius 3 is 1.46 bits per heavy atom. The van der Waals surface area contributed by atoms with Gasteiger partial charge in [0.15, 0.2) is 0 Å². The predicted octanol–water partition coefficient (Wildman–Crippen LogP) is 17.0. The average Bonchev–Trinajstić information content (AvgIpc) is 3.96. The van der Waals surface area contributed by atoms with Crippen LogP contribution in [0.4, 0.5) is 17.1 Å². The molecule has 13 rings (SSSR count). The molecule has 2 fully saturated rings. The molecule has 0 atom stereocenters. The number of aromatic nitrogens is 1. The zero-order chi connectivity index (χ0) is 43.3. The highest BCUT2D eigenvalue weighted by molar-refractivity contribution is 6.09. The van der Waals surface area contributed by atoms with Crippen LogP contribution < -0.4 is 4.90 Å². The van der Waals surface area contributed by atoms with Crippen molar-refractivity contribution in [2.24, 2.45) is 0 Å². The Balaban J connectivity index is 1.06. The van der Waals surface area contributed by atoms with E-state index in [-0.39, 0.29) is 10.8 Å². The molecule has 0 saturated heterocycles. The Hall–Kier alpha value is -6.64. The topological polar surface area (TPSA) is 8.17 Å². The molecule has 2 saturated carbocycles. The van der Waals surface area contributed by atoms with Gasteiger partial charge in [-0.1, -0.05) is 180 Å². The molecule has 1 spiro atoms. The monoisotopic (exact) mass is 840 g/mol. The Morgan fingerprint density at radius 2 is 0.846 bits per heavy atom. The molecule has 1 heterocycles. The van der Waals surface area contributed by atoms with Crippen molar-refractivity contribution in [1.82, 2.24) is 4.57 Å². The summed E-state index contributed by atoms with van der Waals surface area (Å²) in [5.74, 6) is 0. The first kappa shape index (κ1) is 38.8. The van der Waals surface area contributed by atoms with Gasteiger partial charge in [0.05, 0.1) is 16.4 Å². The van der Waals surface area contributed by atoms with Gasteiger partial charge in [-0.3, -0.25) is 0 Å². The van der Waals surface area contributed by atoms with Gasteiger partial charge in [0, 0.05) is 33.5 Å². The van der Waals surface area contributed by atoms with E-state index in [0.29, 0.717) is 0 Å². The average molecular weight is 841 g/mol. The number of fused-ring (bicyclic) bond motifs is 13. The predicted molar refractivity (Wildman–Crippen MR) is 273 cm³/mol. The lowest BCUT2D eigenvalue weighted by molar-refractivity contribution is 0.319. The molecule has 0 unspecified atom stereocenters. The maximum atomic E-state index is 2.69. The van der Waals surface area contributed by atoms with Crippen molar-refractivity contribution >= 4 is 38.9 Å². The van der Waals surface area contributed by atoms with Gasteiger partial charge >= 0.3 is 0 Å². The first-order valence-corrected chi connectivity index (χ1v) is 24.4. The van der Waals surface area contributed by atoms with E-state index in [2.05, 4.69) is 205 Å². The van der Waals surface area contributed by atoms with Gasteiger partial charge < -0.3 is 9.47 Å². The molecule has 1 aromatic heterocycles. The van der Waals surface area contributed by atoms with Crippen molar-refractivity contribution < 1.29 is 0 Å². The molecule has 8 aromatic carbocycles. The van der Waals surface area contributed by atoms with Crippen molar-refractivity contribution in [1.29, 1.82) is 0 Å². The zero-order valence-electron chi connectivity index (χ0n) is 37.8. The normalized spacial score (nSPS) is 17.4. The van der Waals surface area contributed by atoms with Gasteiger partial charge in [-0.05, 0) is 147 Å². The highest BCUT2D eigenvalue weighted by Gasteiger charge is 2.53. The minimum Gasteiger partial charge on any atom is -0.310 e. The molecular formula is C63H56N2. The molecule has 4 aliphatic carbocycles. The Labute approximate surface area is 384 Å². The minimum atomic E-state index is -0.456. The Bertz CT molecular complexity index is 3190. The molecule has 0 bridgehead atoms. The second-order valence-corrected chi connectivity index (χ2v) is 20.3. The Kier molecular flexibility index (Phi) is 8.77. The molecule has 0 radical (unpaired) electrons. The van der Waals surface area contributed by atoms with Crippen molar-refractivity contribution in [2.75, 3.05) is 4.90 Å². The number of nitrogens with zero attached hydrogens (tertiary/aromatic N) is 2. The van der Waals surface area contributed by atoms with E-state index in [1.165, 1.54) is 147 Å². The lowest BCUT2D eigenvalue weighted by Gasteiger charge is -2.37. The summed E-state index contributed by atoms with van der Waals surface area (Å²) >= 11 is 0. The first-order chi connectivity index (χ1) is 31.9. The van der Waals surface area contributed by atoms with E-state index >= 15 is 0 Å². The number of hydrogen-bond acceptors (Lipinski definition) is 1. The van der Waals surface area contributed by atoms with E-state index in [1.54, 1.807) is 0 Å². The fourth-order valence-electron chi connectivity index (χ4n) is 13.3. The summed E-state index contributed by atoms with van der Waals surface area (Å²) in [5.41, 5.74) is 21.2. The lowest BCUT2D eigenvalue weighted by atomic mass is 9.66. The quantitative estimate of drug-likeness (QED) is 0.162. The molecule has 0 amide bonds. The van der Waals surface area contributed by atoms with Gasteiger partial charge in [-0.2, -0.15) is 0 Å². The summed E-state index contributed by atoms with van der Waals surface area (Å²) in [6.07, 6.45) is 13.0. The molecule has 2 heteroatoms. The van der Waals surface area contributed by atoms with Crippen LogP contribution in [-0.4, -0.2) is 4.57 Å². The second kappa shape index (κ2) is 14.7. The zero-order valence-corrected chi connectivity index (χ0v) is 37.8. The van der Waals surface area contributed by atoms with E-state index in [4.69, 9.17) is 0 Å². The number of hydrogen-bond donors (Lipinski definition) is 0. The van der Waals surface area contributed by atoms with Gasteiger partial charge in [0.2, 0.25) is 0 Å². The minimum absolute atomic E-state index is 0.179. The van der Waals surface area contributed by atoms with Gasteiger partial charge in [0.1, 0.15) is 0 Å². The summed E-state index contributed by atoms with van der Waals surface area (Å²) in [7, 11) is 0. The van der Waals surface area contributed by atoms with Crippen LogP contribution in [0, 0.1) is 0 Å². The van der Waals surface area contributed by atoms with Crippen LogP contribution >= 0.6 is 0 Å². The standard InChI is InChI=1S/C63H56N2/c1-61(35-14-4-15-36-61)43-29-32-50-51-33-30-44(62(2)37-16-5-17-38-62)40-57(51)63(56(50)39-43)55-26-11-8-23-49(55)52-34-31-48(42-58(52)63)64(45-19-6-3-7-20-45)46-21-18-22-47(41-46)65-59-27-12-9-24-53(59)54-25-10-13-28-60(54)65/h3,6-13,18-34,39-42H,4-5,14-17,35-38H2,1-2H3. The molecule has 2 nitrogen and oxygen atoms in total. The Morgan fingerprint density at radius 1 is 0.369 bits per heavy atom. The molecule has 65 heavy (non-hydrogen) atoms. The summed E-state index contributed by atoms with van der Waals surface area (Å²) in [5, 5.41) is 2.55. The van der Waals surface area contributed by atoms with E-state index < -0.39 is 5.41 Å². The highest BCUT2D eigenvalue weighted by Crippen LogP contribution is 2.64. The fraction of sp³-hybridized carbons (Fsp3) is 0.238. The smallest absolute Gasteiger partial charge is 0.0726 e. The summed E-state index contributed by atoms with van der Waals surface area (Å²) < 4.78 is 2.44. The van der Waals surface area contributed by atoms with Crippen LogP contribution in [0.2, 0.25) is 0 Å².